The fourth-order valence-electron chi connectivity index (χ4n) is 1.60. The van der Waals surface area contributed by atoms with Crippen LogP contribution in [0.25, 0.3) is 0 Å². The van der Waals surface area contributed by atoms with Crippen LogP contribution in [0, 0.1) is 0 Å². The zero-order valence-electron chi connectivity index (χ0n) is 10.8. The first-order chi connectivity index (χ1) is 7.81. The highest BCUT2D eigenvalue weighted by atomic mass is 16.6. The Hall–Kier alpha value is -1.46. The molecule has 0 radical (unpaired) electrons. The van der Waals surface area contributed by atoms with Gasteiger partial charge in [0.05, 0.1) is 13.2 Å². The summed E-state index contributed by atoms with van der Waals surface area (Å²) >= 11 is 0. The molecule has 2 amide bonds. The maximum Gasteiger partial charge on any atom is 0.410 e. The quantitative estimate of drug-likeness (QED) is 0.756. The first-order valence-electron chi connectivity index (χ1n) is 5.64. The maximum atomic E-state index is 11.7. The van der Waals surface area contributed by atoms with Gasteiger partial charge in [-0.2, -0.15) is 0 Å². The smallest absolute Gasteiger partial charge is 0.410 e. The Morgan fingerprint density at radius 3 is 2.53 bits per heavy atom. The van der Waals surface area contributed by atoms with Gasteiger partial charge in [-0.15, -0.1) is 0 Å². The number of methoxy groups -OCH3 is 1. The van der Waals surface area contributed by atoms with Crippen molar-refractivity contribution in [3.05, 3.63) is 0 Å². The number of amides is 2. The highest BCUT2D eigenvalue weighted by Crippen LogP contribution is 2.15. The first-order valence-corrected chi connectivity index (χ1v) is 5.64. The van der Waals surface area contributed by atoms with Crippen LogP contribution in [0.1, 0.15) is 27.2 Å². The Bertz CT molecular complexity index is 298. The Balaban J connectivity index is 2.39. The summed E-state index contributed by atoms with van der Waals surface area (Å²) in [6.45, 7) is 6.52. The second kappa shape index (κ2) is 5.25. The molecule has 0 aromatic heterocycles. The number of likely N-dealkylation sites (tertiary alicyclic amines) is 1. The molecule has 0 aliphatic carbocycles. The van der Waals surface area contributed by atoms with Gasteiger partial charge < -0.3 is 19.7 Å². The van der Waals surface area contributed by atoms with E-state index in [1.165, 1.54) is 7.11 Å². The Labute approximate surface area is 101 Å². The molecule has 0 aromatic rings. The largest absolute Gasteiger partial charge is 0.453 e. The van der Waals surface area contributed by atoms with Crippen LogP contribution in [-0.4, -0.2) is 48.9 Å². The molecule has 0 spiro atoms. The van der Waals surface area contributed by atoms with E-state index in [9.17, 15) is 9.59 Å². The van der Waals surface area contributed by atoms with Crippen molar-refractivity contribution in [2.45, 2.75) is 38.8 Å². The molecule has 1 heterocycles. The van der Waals surface area contributed by atoms with E-state index in [0.717, 1.165) is 0 Å². The number of nitrogens with one attached hydrogen (secondary N) is 1. The second-order valence-corrected chi connectivity index (χ2v) is 5.05. The monoisotopic (exact) mass is 244 g/mol. The third-order valence-corrected chi connectivity index (χ3v) is 2.35. The van der Waals surface area contributed by atoms with Gasteiger partial charge >= 0.3 is 12.2 Å². The molecule has 1 aliphatic heterocycles. The number of carbonyl (C=O) groups is 2. The molecular weight excluding hydrogens is 224 g/mol. The normalized spacial score (nSPS) is 20.0. The minimum atomic E-state index is -0.495. The van der Waals surface area contributed by atoms with Crippen molar-refractivity contribution >= 4 is 12.2 Å². The van der Waals surface area contributed by atoms with Crippen LogP contribution in [0.5, 0.6) is 0 Å². The van der Waals surface area contributed by atoms with Crippen molar-refractivity contribution in [3.63, 3.8) is 0 Å². The number of hydrogen-bond donors (Lipinski definition) is 1. The van der Waals surface area contributed by atoms with Crippen LogP contribution >= 0.6 is 0 Å². The summed E-state index contributed by atoms with van der Waals surface area (Å²) in [5.74, 6) is 0. The fourth-order valence-corrected chi connectivity index (χ4v) is 1.60. The lowest BCUT2D eigenvalue weighted by molar-refractivity contribution is 0.0290. The minimum absolute atomic E-state index is 0.0602. The van der Waals surface area contributed by atoms with Crippen molar-refractivity contribution in [3.8, 4) is 0 Å². The maximum absolute atomic E-state index is 11.7. The predicted octanol–water partition coefficient (Wildman–Crippen LogP) is 1.35. The van der Waals surface area contributed by atoms with Gasteiger partial charge in [0.25, 0.3) is 0 Å². The molecule has 1 saturated heterocycles. The molecule has 0 saturated carbocycles. The van der Waals surface area contributed by atoms with Gasteiger partial charge in [-0.25, -0.2) is 9.59 Å². The summed E-state index contributed by atoms with van der Waals surface area (Å²) in [7, 11) is 1.32. The highest BCUT2D eigenvalue weighted by molar-refractivity contribution is 5.70. The molecule has 0 aromatic carbocycles. The topological polar surface area (TPSA) is 67.9 Å². The lowest BCUT2D eigenvalue weighted by Crippen LogP contribution is -2.40. The van der Waals surface area contributed by atoms with E-state index < -0.39 is 11.7 Å². The molecule has 1 N–H and O–H groups in total. The average molecular weight is 244 g/mol. The predicted molar refractivity (Wildman–Crippen MR) is 61.8 cm³/mol. The summed E-state index contributed by atoms with van der Waals surface area (Å²) < 4.78 is 9.75. The molecule has 1 aliphatic rings. The van der Waals surface area contributed by atoms with Crippen molar-refractivity contribution in [2.24, 2.45) is 0 Å². The van der Waals surface area contributed by atoms with E-state index in [4.69, 9.17) is 4.74 Å². The Morgan fingerprint density at radius 1 is 1.35 bits per heavy atom. The van der Waals surface area contributed by atoms with Gasteiger partial charge in [-0.05, 0) is 27.2 Å². The van der Waals surface area contributed by atoms with Gasteiger partial charge in [0.2, 0.25) is 0 Å². The Morgan fingerprint density at radius 2 is 2.00 bits per heavy atom. The van der Waals surface area contributed by atoms with E-state index in [1.54, 1.807) is 4.90 Å². The van der Waals surface area contributed by atoms with Gasteiger partial charge in [0.15, 0.2) is 0 Å². The Kier molecular flexibility index (Phi) is 4.20. The van der Waals surface area contributed by atoms with Gasteiger partial charge in [-0.3, -0.25) is 0 Å². The summed E-state index contributed by atoms with van der Waals surface area (Å²) in [4.78, 5) is 24.3. The molecule has 6 heteroatoms. The van der Waals surface area contributed by atoms with Crippen LogP contribution in [0.4, 0.5) is 9.59 Å². The fraction of sp³-hybridized carbons (Fsp3) is 0.818. The van der Waals surface area contributed by atoms with Gasteiger partial charge in [0.1, 0.15) is 5.60 Å². The highest BCUT2D eigenvalue weighted by Gasteiger charge is 2.30. The molecule has 98 valence electrons. The van der Waals surface area contributed by atoms with E-state index >= 15 is 0 Å². The van der Waals surface area contributed by atoms with E-state index in [1.807, 2.05) is 20.8 Å². The summed E-state index contributed by atoms with van der Waals surface area (Å²) in [6.07, 6.45) is -0.0957. The minimum Gasteiger partial charge on any atom is -0.453 e. The lowest BCUT2D eigenvalue weighted by Gasteiger charge is -2.24. The van der Waals surface area contributed by atoms with Crippen molar-refractivity contribution in [1.82, 2.24) is 10.2 Å². The van der Waals surface area contributed by atoms with Crippen LogP contribution in [0.3, 0.4) is 0 Å². The zero-order valence-corrected chi connectivity index (χ0v) is 10.8. The second-order valence-electron chi connectivity index (χ2n) is 5.05. The number of ether oxygens (including phenoxy) is 2. The van der Waals surface area contributed by atoms with Crippen LogP contribution in [0.2, 0.25) is 0 Å². The van der Waals surface area contributed by atoms with Crippen molar-refractivity contribution < 1.29 is 19.1 Å². The molecule has 1 fully saturated rings. The molecule has 0 bridgehead atoms. The molecule has 17 heavy (non-hydrogen) atoms. The average Bonchev–Trinajstić information content (AvgIpc) is 2.63. The molecule has 6 nitrogen and oxygen atoms in total. The molecular formula is C11H20N2O4. The molecule has 1 rings (SSSR count). The van der Waals surface area contributed by atoms with Crippen molar-refractivity contribution in [1.29, 1.82) is 0 Å². The van der Waals surface area contributed by atoms with Crippen LogP contribution in [-0.2, 0) is 9.47 Å². The third-order valence-electron chi connectivity index (χ3n) is 2.35. The summed E-state index contributed by atoms with van der Waals surface area (Å²) in [5.41, 5.74) is -0.495. The third kappa shape index (κ3) is 4.50. The SMILES string of the molecule is COC(=O)N[C@H]1CCN(C(=O)OC(C)(C)C)C1. The van der Waals surface area contributed by atoms with Gasteiger partial charge in [-0.1, -0.05) is 0 Å². The van der Waals surface area contributed by atoms with Crippen LogP contribution in [0.15, 0.2) is 0 Å². The number of nitrogens with zero attached hydrogens (tertiary/aromatic N) is 1. The number of alkyl carbamates (subject to hydrolysis) is 1. The summed E-state index contributed by atoms with van der Waals surface area (Å²) in [5, 5.41) is 2.67. The number of hydrogen-bond acceptors (Lipinski definition) is 4. The van der Waals surface area contributed by atoms with Crippen LogP contribution < -0.4 is 5.32 Å². The number of carbonyl (C=O) groups excluding carboxylic acids is 2. The summed E-state index contributed by atoms with van der Waals surface area (Å²) in [6, 6.07) is -0.0602. The van der Waals surface area contributed by atoms with E-state index in [0.29, 0.717) is 19.5 Å². The van der Waals surface area contributed by atoms with E-state index in [2.05, 4.69) is 10.1 Å². The van der Waals surface area contributed by atoms with E-state index in [-0.39, 0.29) is 12.1 Å². The first kappa shape index (κ1) is 13.6. The zero-order chi connectivity index (χ0) is 13.1. The standard InChI is InChI=1S/C11H20N2O4/c1-11(2,3)17-10(15)13-6-5-8(7-13)12-9(14)16-4/h8H,5-7H2,1-4H3,(H,12,14)/t8-/m0/s1. The lowest BCUT2D eigenvalue weighted by atomic mass is 10.2. The number of rotatable bonds is 1. The van der Waals surface area contributed by atoms with Crippen molar-refractivity contribution in [2.75, 3.05) is 20.2 Å². The van der Waals surface area contributed by atoms with Gasteiger partial charge in [0, 0.05) is 13.1 Å². The molecule has 1 atom stereocenters. The molecule has 0 unspecified atom stereocenters.